The van der Waals surface area contributed by atoms with Crippen LogP contribution in [0, 0.1) is 5.92 Å². The molecule has 1 N–H and O–H groups in total. The third-order valence-electron chi connectivity index (χ3n) is 7.79. The summed E-state index contributed by atoms with van der Waals surface area (Å²) in [5.74, 6) is -0.292. The molecule has 2 amide bonds. The van der Waals surface area contributed by atoms with E-state index in [1.165, 1.54) is 38.2 Å². The normalized spacial score (nSPS) is 20.8. The van der Waals surface area contributed by atoms with Crippen molar-refractivity contribution < 1.29 is 18.0 Å². The number of hydrogen-bond donors (Lipinski definition) is 1. The van der Waals surface area contributed by atoms with Gasteiger partial charge in [0.2, 0.25) is 21.8 Å². The van der Waals surface area contributed by atoms with Crippen LogP contribution in [0.5, 0.6) is 0 Å². The zero-order valence-corrected chi connectivity index (χ0v) is 22.1. The SMILES string of the molecule is CCC(=O)N1CCc2cc(S(=O)(=O)N[C@@H](C(=O)N3CCN(C4CCCCC4)CC3)C(C)C)ccc21. The van der Waals surface area contributed by atoms with E-state index >= 15 is 0 Å². The minimum Gasteiger partial charge on any atom is -0.339 e. The maximum absolute atomic E-state index is 13.4. The van der Waals surface area contributed by atoms with Crippen LogP contribution in [-0.4, -0.2) is 74.8 Å². The number of nitrogens with one attached hydrogen (secondary N) is 1. The highest BCUT2D eigenvalue weighted by molar-refractivity contribution is 7.89. The molecule has 1 saturated heterocycles. The predicted molar refractivity (Wildman–Crippen MR) is 137 cm³/mol. The molecule has 4 rings (SSSR count). The van der Waals surface area contributed by atoms with E-state index in [0.717, 1.165) is 24.3 Å². The molecule has 3 aliphatic rings. The standard InChI is InChI=1S/C26H40N4O4S/c1-4-24(31)30-13-12-20-18-22(10-11-23(20)30)35(33,34)27-25(19(2)3)26(32)29-16-14-28(15-17-29)21-8-6-5-7-9-21/h10-11,18-19,21,25,27H,4-9,12-17H2,1-3H3/t25-/m1/s1. The molecule has 9 heteroatoms. The van der Waals surface area contributed by atoms with Gasteiger partial charge in [-0.05, 0) is 48.9 Å². The summed E-state index contributed by atoms with van der Waals surface area (Å²) in [6, 6.07) is 4.70. The monoisotopic (exact) mass is 504 g/mol. The minimum atomic E-state index is -3.89. The summed E-state index contributed by atoms with van der Waals surface area (Å²) in [5.41, 5.74) is 1.63. The summed E-state index contributed by atoms with van der Waals surface area (Å²) in [7, 11) is -3.89. The zero-order valence-electron chi connectivity index (χ0n) is 21.3. The molecular weight excluding hydrogens is 464 g/mol. The van der Waals surface area contributed by atoms with Crippen molar-refractivity contribution >= 4 is 27.5 Å². The summed E-state index contributed by atoms with van der Waals surface area (Å²) in [6.45, 7) is 9.12. The molecule has 2 fully saturated rings. The molecule has 0 unspecified atom stereocenters. The fourth-order valence-corrected chi connectivity index (χ4v) is 7.04. The lowest BCUT2D eigenvalue weighted by Gasteiger charge is -2.41. The fourth-order valence-electron chi connectivity index (χ4n) is 5.65. The zero-order chi connectivity index (χ0) is 25.2. The first-order valence-electron chi connectivity index (χ1n) is 13.2. The van der Waals surface area contributed by atoms with Crippen LogP contribution in [0.25, 0.3) is 0 Å². The summed E-state index contributed by atoms with van der Waals surface area (Å²) in [6.07, 6.45) is 7.43. The Balaban J connectivity index is 1.42. The van der Waals surface area contributed by atoms with E-state index in [2.05, 4.69) is 9.62 Å². The van der Waals surface area contributed by atoms with Crippen LogP contribution in [0.4, 0.5) is 5.69 Å². The van der Waals surface area contributed by atoms with Crippen LogP contribution in [0.1, 0.15) is 64.9 Å². The highest BCUT2D eigenvalue weighted by atomic mass is 32.2. The van der Waals surface area contributed by atoms with E-state index in [1.54, 1.807) is 17.0 Å². The number of anilines is 1. The third-order valence-corrected chi connectivity index (χ3v) is 9.23. The van der Waals surface area contributed by atoms with E-state index in [1.807, 2.05) is 25.7 Å². The second-order valence-electron chi connectivity index (χ2n) is 10.4. The molecule has 0 aromatic heterocycles. The van der Waals surface area contributed by atoms with E-state index in [9.17, 15) is 18.0 Å². The van der Waals surface area contributed by atoms with Crippen LogP contribution < -0.4 is 9.62 Å². The average Bonchev–Trinajstić information content (AvgIpc) is 3.30. The molecule has 1 saturated carbocycles. The highest BCUT2D eigenvalue weighted by Crippen LogP contribution is 2.31. The Hall–Kier alpha value is -1.97. The van der Waals surface area contributed by atoms with Crippen molar-refractivity contribution in [2.24, 2.45) is 5.92 Å². The third kappa shape index (κ3) is 5.73. The van der Waals surface area contributed by atoms with Gasteiger partial charge < -0.3 is 9.80 Å². The summed E-state index contributed by atoms with van der Waals surface area (Å²) >= 11 is 0. The number of amides is 2. The molecule has 35 heavy (non-hydrogen) atoms. The molecule has 8 nitrogen and oxygen atoms in total. The van der Waals surface area contributed by atoms with E-state index in [0.29, 0.717) is 38.5 Å². The number of rotatable bonds is 7. The molecule has 0 radical (unpaired) electrons. The Morgan fingerprint density at radius 1 is 1.03 bits per heavy atom. The number of carbonyl (C=O) groups is 2. The van der Waals surface area contributed by atoms with Gasteiger partial charge in [-0.25, -0.2) is 8.42 Å². The topological polar surface area (TPSA) is 90.0 Å². The van der Waals surface area contributed by atoms with Crippen molar-refractivity contribution in [3.8, 4) is 0 Å². The maximum Gasteiger partial charge on any atom is 0.241 e. The van der Waals surface area contributed by atoms with Crippen molar-refractivity contribution in [1.82, 2.24) is 14.5 Å². The molecule has 1 atom stereocenters. The fraction of sp³-hybridized carbons (Fsp3) is 0.692. The van der Waals surface area contributed by atoms with Crippen molar-refractivity contribution in [2.75, 3.05) is 37.6 Å². The molecular formula is C26H40N4O4S. The van der Waals surface area contributed by atoms with Crippen molar-refractivity contribution in [2.45, 2.75) is 82.7 Å². The summed E-state index contributed by atoms with van der Waals surface area (Å²) in [4.78, 5) is 31.8. The first-order chi connectivity index (χ1) is 16.7. The van der Waals surface area contributed by atoms with Crippen LogP contribution in [0.2, 0.25) is 0 Å². The largest absolute Gasteiger partial charge is 0.339 e. The second-order valence-corrected chi connectivity index (χ2v) is 12.1. The smallest absolute Gasteiger partial charge is 0.241 e. The van der Waals surface area contributed by atoms with Gasteiger partial charge in [-0.2, -0.15) is 4.72 Å². The van der Waals surface area contributed by atoms with Crippen LogP contribution in [-0.2, 0) is 26.0 Å². The summed E-state index contributed by atoms with van der Waals surface area (Å²) < 4.78 is 29.3. The lowest BCUT2D eigenvalue weighted by Crippen LogP contribution is -2.57. The number of piperazine rings is 1. The van der Waals surface area contributed by atoms with Crippen molar-refractivity contribution in [1.29, 1.82) is 0 Å². The molecule has 0 spiro atoms. The van der Waals surface area contributed by atoms with Crippen LogP contribution in [0.15, 0.2) is 23.1 Å². The van der Waals surface area contributed by atoms with Crippen LogP contribution in [0.3, 0.4) is 0 Å². The van der Waals surface area contributed by atoms with Gasteiger partial charge in [-0.3, -0.25) is 14.5 Å². The van der Waals surface area contributed by atoms with Gasteiger partial charge >= 0.3 is 0 Å². The number of fused-ring (bicyclic) bond motifs is 1. The Morgan fingerprint density at radius 3 is 2.34 bits per heavy atom. The van der Waals surface area contributed by atoms with Crippen molar-refractivity contribution in [3.63, 3.8) is 0 Å². The van der Waals surface area contributed by atoms with Gasteiger partial charge in [0, 0.05) is 50.9 Å². The molecule has 2 aliphatic heterocycles. The molecule has 1 aromatic carbocycles. The van der Waals surface area contributed by atoms with E-state index in [4.69, 9.17) is 0 Å². The molecule has 1 aliphatic carbocycles. The van der Waals surface area contributed by atoms with Gasteiger partial charge in [0.05, 0.1) is 4.90 Å². The molecule has 0 bridgehead atoms. The maximum atomic E-state index is 13.4. The van der Waals surface area contributed by atoms with Gasteiger partial charge in [0.1, 0.15) is 6.04 Å². The highest BCUT2D eigenvalue weighted by Gasteiger charge is 2.35. The molecule has 194 valence electrons. The average molecular weight is 505 g/mol. The van der Waals surface area contributed by atoms with E-state index in [-0.39, 0.29) is 22.6 Å². The quantitative estimate of drug-likeness (QED) is 0.617. The van der Waals surface area contributed by atoms with Crippen LogP contribution >= 0.6 is 0 Å². The Bertz CT molecular complexity index is 1030. The lowest BCUT2D eigenvalue weighted by atomic mass is 9.93. The number of benzene rings is 1. The number of sulfonamides is 1. The molecule has 2 heterocycles. The van der Waals surface area contributed by atoms with Gasteiger partial charge in [0.25, 0.3) is 0 Å². The Kier molecular flexibility index (Phi) is 8.18. The Morgan fingerprint density at radius 2 is 1.71 bits per heavy atom. The van der Waals surface area contributed by atoms with Crippen molar-refractivity contribution in [3.05, 3.63) is 23.8 Å². The number of hydrogen-bond acceptors (Lipinski definition) is 5. The van der Waals surface area contributed by atoms with Gasteiger partial charge in [0.15, 0.2) is 0 Å². The summed E-state index contributed by atoms with van der Waals surface area (Å²) in [5, 5.41) is 0. The minimum absolute atomic E-state index is 0.0338. The van der Waals surface area contributed by atoms with Gasteiger partial charge in [-0.1, -0.05) is 40.0 Å². The first-order valence-corrected chi connectivity index (χ1v) is 14.7. The number of nitrogens with zero attached hydrogens (tertiary/aromatic N) is 3. The first kappa shape index (κ1) is 26.1. The number of carbonyl (C=O) groups excluding carboxylic acids is 2. The predicted octanol–water partition coefficient (Wildman–Crippen LogP) is 2.77. The lowest BCUT2D eigenvalue weighted by molar-refractivity contribution is -0.136. The Labute approximate surface area is 210 Å². The van der Waals surface area contributed by atoms with E-state index < -0.39 is 16.1 Å². The van der Waals surface area contributed by atoms with Gasteiger partial charge in [-0.15, -0.1) is 0 Å². The molecule has 1 aromatic rings. The second kappa shape index (κ2) is 11.0.